The number of imidazole rings is 1. The smallest absolute Gasteiger partial charge is 0.195 e. The van der Waals surface area contributed by atoms with E-state index < -0.39 is 0 Å². The molecule has 0 saturated heterocycles. The van der Waals surface area contributed by atoms with Crippen molar-refractivity contribution < 1.29 is 4.74 Å². The largest absolute Gasteiger partial charge is 0.383 e. The van der Waals surface area contributed by atoms with Gasteiger partial charge in [-0.05, 0) is 13.0 Å². The number of hydrogen-bond acceptors (Lipinski definition) is 4. The number of nitrogens with one attached hydrogen (secondary N) is 1. The molecule has 2 aromatic heterocycles. The van der Waals surface area contributed by atoms with Crippen molar-refractivity contribution in [2.24, 2.45) is 0 Å². The highest BCUT2D eigenvalue weighted by atomic mass is 35.5. The van der Waals surface area contributed by atoms with Crippen molar-refractivity contribution in [1.82, 2.24) is 14.7 Å². The molecule has 0 atom stereocenters. The van der Waals surface area contributed by atoms with Gasteiger partial charge in [-0.3, -0.25) is 4.40 Å². The standard InChI is InChI=1S/C12H16ClN3OS/c1-9(8-14-3-5-17-2)7-10-11(13)15-12-16(10)4-6-18-12/h4,6-7,14H,3,5,8H2,1-2H3. The van der Waals surface area contributed by atoms with E-state index in [1.54, 1.807) is 18.4 Å². The Kier molecular flexibility index (Phi) is 4.77. The molecule has 98 valence electrons. The normalized spacial score (nSPS) is 12.5. The Morgan fingerprint density at radius 3 is 3.28 bits per heavy atom. The van der Waals surface area contributed by atoms with E-state index in [1.807, 2.05) is 16.0 Å². The molecule has 0 aliphatic heterocycles. The summed E-state index contributed by atoms with van der Waals surface area (Å²) in [6, 6.07) is 0. The minimum absolute atomic E-state index is 0.554. The second-order valence-electron chi connectivity index (χ2n) is 4.00. The molecule has 4 nitrogen and oxygen atoms in total. The molecule has 1 N–H and O–H groups in total. The third-order valence-electron chi connectivity index (χ3n) is 2.52. The summed E-state index contributed by atoms with van der Waals surface area (Å²) in [6.45, 7) is 4.45. The number of hydrogen-bond donors (Lipinski definition) is 1. The van der Waals surface area contributed by atoms with E-state index in [1.165, 1.54) is 5.57 Å². The summed E-state index contributed by atoms with van der Waals surface area (Å²) in [7, 11) is 1.70. The van der Waals surface area contributed by atoms with Crippen LogP contribution in [0.4, 0.5) is 0 Å². The maximum Gasteiger partial charge on any atom is 0.195 e. The van der Waals surface area contributed by atoms with Crippen LogP contribution in [0.3, 0.4) is 0 Å². The van der Waals surface area contributed by atoms with Crippen LogP contribution in [0.1, 0.15) is 12.6 Å². The van der Waals surface area contributed by atoms with Crippen molar-refractivity contribution in [2.45, 2.75) is 6.92 Å². The minimum Gasteiger partial charge on any atom is -0.383 e. The summed E-state index contributed by atoms with van der Waals surface area (Å²) in [5, 5.41) is 5.85. The molecule has 2 rings (SSSR count). The van der Waals surface area contributed by atoms with Crippen LogP contribution in [0.25, 0.3) is 11.0 Å². The lowest BCUT2D eigenvalue weighted by molar-refractivity contribution is 0.200. The first kappa shape index (κ1) is 13.5. The van der Waals surface area contributed by atoms with Crippen molar-refractivity contribution in [2.75, 3.05) is 26.8 Å². The SMILES string of the molecule is COCCNCC(C)=Cc1c(Cl)nc2sccn12. The molecular weight excluding hydrogens is 270 g/mol. The van der Waals surface area contributed by atoms with Gasteiger partial charge in [-0.2, -0.15) is 0 Å². The van der Waals surface area contributed by atoms with E-state index in [9.17, 15) is 0 Å². The molecular formula is C12H16ClN3OS. The van der Waals surface area contributed by atoms with Crippen molar-refractivity contribution in [1.29, 1.82) is 0 Å². The first-order valence-corrected chi connectivity index (χ1v) is 6.96. The molecule has 0 amide bonds. The number of nitrogens with zero attached hydrogens (tertiary/aromatic N) is 2. The quantitative estimate of drug-likeness (QED) is 0.830. The summed E-state index contributed by atoms with van der Waals surface area (Å²) < 4.78 is 6.99. The molecule has 0 aliphatic rings. The maximum atomic E-state index is 6.13. The maximum absolute atomic E-state index is 6.13. The zero-order valence-corrected chi connectivity index (χ0v) is 12.0. The molecule has 0 bridgehead atoms. The highest BCUT2D eigenvalue weighted by Crippen LogP contribution is 2.23. The number of aromatic nitrogens is 2. The first-order valence-electron chi connectivity index (χ1n) is 5.70. The molecule has 2 aromatic rings. The van der Waals surface area contributed by atoms with E-state index in [0.29, 0.717) is 5.15 Å². The van der Waals surface area contributed by atoms with Crippen LogP contribution in [-0.2, 0) is 4.74 Å². The van der Waals surface area contributed by atoms with Crippen molar-refractivity contribution in [3.05, 3.63) is 28.0 Å². The molecule has 0 saturated carbocycles. The fourth-order valence-corrected chi connectivity index (χ4v) is 2.65. The van der Waals surface area contributed by atoms with Gasteiger partial charge in [-0.25, -0.2) is 4.98 Å². The number of ether oxygens (including phenoxy) is 1. The fourth-order valence-electron chi connectivity index (χ4n) is 1.65. The molecule has 18 heavy (non-hydrogen) atoms. The number of rotatable bonds is 6. The van der Waals surface area contributed by atoms with Crippen LogP contribution < -0.4 is 5.32 Å². The first-order chi connectivity index (χ1) is 8.72. The highest BCUT2D eigenvalue weighted by molar-refractivity contribution is 7.15. The van der Waals surface area contributed by atoms with E-state index >= 15 is 0 Å². The van der Waals surface area contributed by atoms with E-state index in [4.69, 9.17) is 16.3 Å². The van der Waals surface area contributed by atoms with Crippen molar-refractivity contribution >= 4 is 34.0 Å². The molecule has 0 spiro atoms. The zero-order valence-electron chi connectivity index (χ0n) is 10.4. The van der Waals surface area contributed by atoms with Gasteiger partial charge in [0.2, 0.25) is 0 Å². The zero-order chi connectivity index (χ0) is 13.0. The molecule has 6 heteroatoms. The third-order valence-corrected chi connectivity index (χ3v) is 3.56. The number of thiazole rings is 1. The van der Waals surface area contributed by atoms with Gasteiger partial charge in [0.05, 0.1) is 12.3 Å². The molecule has 0 aliphatic carbocycles. The average Bonchev–Trinajstić information content (AvgIpc) is 2.89. The fraction of sp³-hybridized carbons (Fsp3) is 0.417. The highest BCUT2D eigenvalue weighted by Gasteiger charge is 2.08. The molecule has 2 heterocycles. The van der Waals surface area contributed by atoms with Gasteiger partial charge in [0.25, 0.3) is 0 Å². The van der Waals surface area contributed by atoms with Gasteiger partial charge in [0, 0.05) is 31.8 Å². The lowest BCUT2D eigenvalue weighted by Crippen LogP contribution is -2.20. The number of halogens is 1. The van der Waals surface area contributed by atoms with Crippen LogP contribution in [0.5, 0.6) is 0 Å². The molecule has 0 aromatic carbocycles. The van der Waals surface area contributed by atoms with Gasteiger partial charge >= 0.3 is 0 Å². The van der Waals surface area contributed by atoms with Gasteiger partial charge in [0.15, 0.2) is 10.1 Å². The molecule has 0 radical (unpaired) electrons. The summed E-state index contributed by atoms with van der Waals surface area (Å²) in [5.41, 5.74) is 2.15. The summed E-state index contributed by atoms with van der Waals surface area (Å²) in [5.74, 6) is 0. The Morgan fingerprint density at radius 2 is 2.50 bits per heavy atom. The Balaban J connectivity index is 2.06. The van der Waals surface area contributed by atoms with E-state index in [2.05, 4.69) is 23.3 Å². The molecule has 0 unspecified atom stereocenters. The molecule has 0 fully saturated rings. The Bertz CT molecular complexity index is 547. The van der Waals surface area contributed by atoms with Crippen molar-refractivity contribution in [3.63, 3.8) is 0 Å². The lowest BCUT2D eigenvalue weighted by atomic mass is 10.2. The van der Waals surface area contributed by atoms with Gasteiger partial charge in [0.1, 0.15) is 0 Å². The summed E-state index contributed by atoms with van der Waals surface area (Å²) in [6.07, 6.45) is 4.05. The van der Waals surface area contributed by atoms with Crippen LogP contribution >= 0.6 is 22.9 Å². The van der Waals surface area contributed by atoms with Gasteiger partial charge < -0.3 is 10.1 Å². The minimum atomic E-state index is 0.554. The third kappa shape index (κ3) is 3.11. The van der Waals surface area contributed by atoms with E-state index in [0.717, 1.165) is 30.4 Å². The topological polar surface area (TPSA) is 38.6 Å². The van der Waals surface area contributed by atoms with Crippen LogP contribution in [0.2, 0.25) is 5.15 Å². The lowest BCUT2D eigenvalue weighted by Gasteiger charge is -2.04. The summed E-state index contributed by atoms with van der Waals surface area (Å²) >= 11 is 7.71. The van der Waals surface area contributed by atoms with Gasteiger partial charge in [-0.1, -0.05) is 17.2 Å². The predicted octanol–water partition coefficient (Wildman–Crippen LogP) is 2.69. The summed E-state index contributed by atoms with van der Waals surface area (Å²) in [4.78, 5) is 5.22. The Hall–Kier alpha value is -0.880. The average molecular weight is 286 g/mol. The number of methoxy groups -OCH3 is 1. The Labute approximate surface area is 115 Å². The van der Waals surface area contributed by atoms with E-state index in [-0.39, 0.29) is 0 Å². The van der Waals surface area contributed by atoms with Crippen LogP contribution in [0, 0.1) is 0 Å². The second kappa shape index (κ2) is 6.33. The second-order valence-corrected chi connectivity index (χ2v) is 5.23. The predicted molar refractivity (Wildman–Crippen MR) is 76.5 cm³/mol. The van der Waals surface area contributed by atoms with Gasteiger partial charge in [-0.15, -0.1) is 11.3 Å². The number of fused-ring (bicyclic) bond motifs is 1. The van der Waals surface area contributed by atoms with Crippen LogP contribution in [0.15, 0.2) is 17.2 Å². The monoisotopic (exact) mass is 285 g/mol. The Morgan fingerprint density at radius 1 is 1.67 bits per heavy atom. The van der Waals surface area contributed by atoms with Crippen molar-refractivity contribution in [3.8, 4) is 0 Å². The van der Waals surface area contributed by atoms with Crippen LogP contribution in [-0.4, -0.2) is 36.2 Å².